The largest absolute Gasteiger partial charge is 0.357 e. The number of carbonyl (C=O) groups excluding carboxylic acids is 1. The van der Waals surface area contributed by atoms with Crippen molar-refractivity contribution in [3.8, 4) is 0 Å². The van der Waals surface area contributed by atoms with Crippen LogP contribution in [0.3, 0.4) is 0 Å². The van der Waals surface area contributed by atoms with E-state index in [9.17, 15) is 22.4 Å². The number of pyridine rings is 1. The fourth-order valence-corrected chi connectivity index (χ4v) is 1.53. The Morgan fingerprint density at radius 1 is 1.16 bits per heavy atom. The van der Waals surface area contributed by atoms with Gasteiger partial charge in [-0.3, -0.25) is 4.79 Å². The van der Waals surface area contributed by atoms with Crippen molar-refractivity contribution in [1.82, 2.24) is 10.3 Å². The third-order valence-corrected chi connectivity index (χ3v) is 2.38. The third-order valence-electron chi connectivity index (χ3n) is 2.38. The highest BCUT2D eigenvalue weighted by Gasteiger charge is 2.25. The summed E-state index contributed by atoms with van der Waals surface area (Å²) in [6.45, 7) is 3.07. The highest BCUT2D eigenvalue weighted by atomic mass is 19.2. The van der Waals surface area contributed by atoms with Gasteiger partial charge in [0.1, 0.15) is 5.69 Å². The highest BCUT2D eigenvalue weighted by molar-refractivity contribution is 5.81. The first-order valence-corrected chi connectivity index (χ1v) is 5.63. The standard InChI is InChI=1S/C11H13F4N3O/c1-3-16-6(19)5-18(4-2)9-7(12)10(14)17-11(15)8(9)13/h3-5H2,1-2H3,(H,16,19). The summed E-state index contributed by atoms with van der Waals surface area (Å²) in [4.78, 5) is 14.7. The quantitative estimate of drug-likeness (QED) is 0.658. The number of hydrogen-bond acceptors (Lipinski definition) is 3. The monoisotopic (exact) mass is 279 g/mol. The van der Waals surface area contributed by atoms with E-state index in [1.807, 2.05) is 0 Å². The van der Waals surface area contributed by atoms with Crippen molar-refractivity contribution in [3.63, 3.8) is 0 Å². The number of anilines is 1. The maximum absolute atomic E-state index is 13.5. The van der Waals surface area contributed by atoms with Crippen LogP contribution in [0.4, 0.5) is 23.2 Å². The van der Waals surface area contributed by atoms with Gasteiger partial charge in [-0.1, -0.05) is 0 Å². The van der Waals surface area contributed by atoms with Gasteiger partial charge in [0.15, 0.2) is 0 Å². The predicted molar refractivity (Wildman–Crippen MR) is 60.6 cm³/mol. The van der Waals surface area contributed by atoms with Gasteiger partial charge in [-0.05, 0) is 13.8 Å². The molecule has 0 aliphatic carbocycles. The molecule has 8 heteroatoms. The van der Waals surface area contributed by atoms with Gasteiger partial charge < -0.3 is 10.2 Å². The average molecular weight is 279 g/mol. The van der Waals surface area contributed by atoms with E-state index in [2.05, 4.69) is 10.3 Å². The number of carbonyl (C=O) groups is 1. The zero-order valence-corrected chi connectivity index (χ0v) is 10.4. The molecular formula is C11H13F4N3O. The molecule has 1 aromatic rings. The van der Waals surface area contributed by atoms with Crippen LogP contribution in [0.25, 0.3) is 0 Å². The molecule has 19 heavy (non-hydrogen) atoms. The van der Waals surface area contributed by atoms with E-state index in [0.717, 1.165) is 4.90 Å². The van der Waals surface area contributed by atoms with Crippen LogP contribution in [0.1, 0.15) is 13.8 Å². The van der Waals surface area contributed by atoms with Crippen LogP contribution in [-0.4, -0.2) is 30.5 Å². The van der Waals surface area contributed by atoms with Gasteiger partial charge >= 0.3 is 0 Å². The Labute approximate surface area is 107 Å². The molecule has 0 aromatic carbocycles. The Balaban J connectivity index is 3.14. The number of rotatable bonds is 5. The van der Waals surface area contributed by atoms with E-state index in [4.69, 9.17) is 0 Å². The Kier molecular flexibility index (Phi) is 5.08. The van der Waals surface area contributed by atoms with Gasteiger partial charge in [0.25, 0.3) is 11.9 Å². The Bertz CT molecular complexity index is 455. The van der Waals surface area contributed by atoms with Crippen molar-refractivity contribution in [1.29, 1.82) is 0 Å². The SMILES string of the molecule is CCNC(=O)CN(CC)c1c(F)c(F)nc(F)c1F. The second kappa shape index (κ2) is 6.35. The van der Waals surface area contributed by atoms with Gasteiger partial charge in [0.2, 0.25) is 17.5 Å². The second-order valence-electron chi connectivity index (χ2n) is 3.64. The van der Waals surface area contributed by atoms with Crippen molar-refractivity contribution in [2.75, 3.05) is 24.5 Å². The number of amides is 1. The lowest BCUT2D eigenvalue weighted by Crippen LogP contribution is -2.38. The number of nitrogens with zero attached hydrogens (tertiary/aromatic N) is 2. The minimum absolute atomic E-state index is 0.00608. The van der Waals surface area contributed by atoms with E-state index in [-0.39, 0.29) is 6.54 Å². The molecule has 106 valence electrons. The van der Waals surface area contributed by atoms with Crippen molar-refractivity contribution < 1.29 is 22.4 Å². The van der Waals surface area contributed by atoms with Crippen LogP contribution in [0, 0.1) is 23.5 Å². The summed E-state index contributed by atoms with van der Waals surface area (Å²) in [5.74, 6) is -7.25. The summed E-state index contributed by atoms with van der Waals surface area (Å²) >= 11 is 0. The molecule has 0 aliphatic heterocycles. The van der Waals surface area contributed by atoms with Gasteiger partial charge in [-0.15, -0.1) is 0 Å². The van der Waals surface area contributed by atoms with Crippen LogP contribution < -0.4 is 10.2 Å². The third kappa shape index (κ3) is 3.33. The number of aromatic nitrogens is 1. The molecule has 4 nitrogen and oxygen atoms in total. The number of likely N-dealkylation sites (N-methyl/N-ethyl adjacent to an activating group) is 2. The second-order valence-corrected chi connectivity index (χ2v) is 3.64. The fourth-order valence-electron chi connectivity index (χ4n) is 1.53. The molecule has 1 aromatic heterocycles. The summed E-state index contributed by atoms with van der Waals surface area (Å²) < 4.78 is 53.0. The predicted octanol–water partition coefficient (Wildman–Crippen LogP) is 1.60. The molecule has 0 radical (unpaired) electrons. The first kappa shape index (κ1) is 15.2. The average Bonchev–Trinajstić information content (AvgIpc) is 2.35. The van der Waals surface area contributed by atoms with Gasteiger partial charge in [0, 0.05) is 13.1 Å². The molecule has 0 spiro atoms. The van der Waals surface area contributed by atoms with Crippen LogP contribution in [0.5, 0.6) is 0 Å². The lowest BCUT2D eigenvalue weighted by molar-refractivity contribution is -0.119. The van der Waals surface area contributed by atoms with Crippen molar-refractivity contribution in [2.45, 2.75) is 13.8 Å². The Morgan fingerprint density at radius 3 is 2.11 bits per heavy atom. The molecule has 0 fully saturated rings. The molecular weight excluding hydrogens is 266 g/mol. The van der Waals surface area contributed by atoms with Gasteiger partial charge in [0.05, 0.1) is 6.54 Å². The normalized spacial score (nSPS) is 10.4. The van der Waals surface area contributed by atoms with Crippen LogP contribution in [0.2, 0.25) is 0 Å². The molecule has 1 amide bonds. The molecule has 0 saturated carbocycles. The molecule has 1 heterocycles. The smallest absolute Gasteiger partial charge is 0.253 e. The number of nitrogens with one attached hydrogen (secondary N) is 1. The molecule has 0 bridgehead atoms. The molecule has 1 N–H and O–H groups in total. The summed E-state index contributed by atoms with van der Waals surface area (Å²) in [6, 6.07) is 0. The molecule has 0 aliphatic rings. The zero-order chi connectivity index (χ0) is 14.6. The number of hydrogen-bond donors (Lipinski definition) is 1. The topological polar surface area (TPSA) is 45.2 Å². The van der Waals surface area contributed by atoms with Crippen molar-refractivity contribution in [2.24, 2.45) is 0 Å². The lowest BCUT2D eigenvalue weighted by atomic mass is 10.3. The van der Waals surface area contributed by atoms with Crippen LogP contribution >= 0.6 is 0 Å². The zero-order valence-electron chi connectivity index (χ0n) is 10.4. The van der Waals surface area contributed by atoms with E-state index < -0.39 is 41.7 Å². The van der Waals surface area contributed by atoms with Gasteiger partial charge in [-0.25, -0.2) is 0 Å². The van der Waals surface area contributed by atoms with E-state index in [1.165, 1.54) is 6.92 Å². The van der Waals surface area contributed by atoms with Crippen LogP contribution in [-0.2, 0) is 4.79 Å². The molecule has 0 unspecified atom stereocenters. The van der Waals surface area contributed by atoms with Crippen LogP contribution in [0.15, 0.2) is 0 Å². The molecule has 0 saturated heterocycles. The molecule has 0 atom stereocenters. The fraction of sp³-hybridized carbons (Fsp3) is 0.455. The first-order valence-electron chi connectivity index (χ1n) is 5.63. The summed E-state index contributed by atoms with van der Waals surface area (Å²) in [5.41, 5.74) is -0.932. The minimum atomic E-state index is -1.75. The molecule has 1 rings (SSSR count). The maximum Gasteiger partial charge on any atom is 0.253 e. The van der Waals surface area contributed by atoms with Crippen molar-refractivity contribution in [3.05, 3.63) is 23.5 Å². The maximum atomic E-state index is 13.5. The first-order chi connectivity index (χ1) is 8.92. The highest BCUT2D eigenvalue weighted by Crippen LogP contribution is 2.25. The van der Waals surface area contributed by atoms with Crippen molar-refractivity contribution >= 4 is 11.6 Å². The summed E-state index contributed by atoms with van der Waals surface area (Å²) in [7, 11) is 0. The van der Waals surface area contributed by atoms with E-state index in [0.29, 0.717) is 6.54 Å². The minimum Gasteiger partial charge on any atom is -0.357 e. The van der Waals surface area contributed by atoms with E-state index >= 15 is 0 Å². The Hall–Kier alpha value is -1.86. The van der Waals surface area contributed by atoms with E-state index in [1.54, 1.807) is 6.92 Å². The number of halogens is 4. The van der Waals surface area contributed by atoms with Gasteiger partial charge in [-0.2, -0.15) is 22.5 Å². The summed E-state index contributed by atoms with van der Waals surface area (Å²) in [5, 5.41) is 2.42. The lowest BCUT2D eigenvalue weighted by Gasteiger charge is -2.23. The summed E-state index contributed by atoms with van der Waals surface area (Å²) in [6.07, 6.45) is 0. The Morgan fingerprint density at radius 2 is 1.68 bits per heavy atom.